The van der Waals surface area contributed by atoms with Crippen LogP contribution in [0.1, 0.15) is 43.5 Å². The van der Waals surface area contributed by atoms with Crippen LogP contribution in [0.25, 0.3) is 21.3 Å². The number of urea groups is 1. The first-order chi connectivity index (χ1) is 15.1. The first-order valence-corrected chi connectivity index (χ1v) is 11.4. The fraction of sp³-hybridized carbons (Fsp3) is 0.409. The van der Waals surface area contributed by atoms with E-state index < -0.39 is 0 Å². The first kappa shape index (κ1) is 21.2. The molecule has 1 aliphatic heterocycles. The van der Waals surface area contributed by atoms with Crippen LogP contribution in [-0.4, -0.2) is 46.9 Å². The van der Waals surface area contributed by atoms with Crippen molar-refractivity contribution >= 4 is 45.0 Å². The van der Waals surface area contributed by atoms with Gasteiger partial charge in [0, 0.05) is 43.2 Å². The summed E-state index contributed by atoms with van der Waals surface area (Å²) in [6.07, 6.45) is 7.99. The second-order valence-electron chi connectivity index (χ2n) is 7.65. The van der Waals surface area contributed by atoms with Gasteiger partial charge in [-0.25, -0.2) is 19.7 Å². The van der Waals surface area contributed by atoms with Crippen molar-refractivity contribution in [2.75, 3.05) is 29.9 Å². The normalized spacial score (nSPS) is 14.6. The molecule has 0 unspecified atom stereocenters. The summed E-state index contributed by atoms with van der Waals surface area (Å²) in [6, 6.07) is 3.39. The van der Waals surface area contributed by atoms with Crippen LogP contribution in [0.2, 0.25) is 0 Å². The van der Waals surface area contributed by atoms with Crippen molar-refractivity contribution in [3.05, 3.63) is 30.1 Å². The van der Waals surface area contributed by atoms with Gasteiger partial charge in [-0.1, -0.05) is 24.7 Å². The van der Waals surface area contributed by atoms with Crippen LogP contribution >= 0.6 is 11.3 Å². The molecule has 9 heteroatoms. The lowest BCUT2D eigenvalue weighted by Crippen LogP contribution is -2.34. The summed E-state index contributed by atoms with van der Waals surface area (Å²) in [5.41, 5.74) is 2.82. The maximum absolute atomic E-state index is 11.8. The molecule has 3 heterocycles. The van der Waals surface area contributed by atoms with E-state index in [4.69, 9.17) is 0 Å². The third kappa shape index (κ3) is 4.66. The van der Waals surface area contributed by atoms with Gasteiger partial charge in [0.2, 0.25) is 5.95 Å². The number of hydrogen-bond donors (Lipinski definition) is 2. The molecule has 31 heavy (non-hydrogen) atoms. The minimum atomic E-state index is -0.318. The van der Waals surface area contributed by atoms with Crippen molar-refractivity contribution in [3.8, 4) is 11.1 Å². The number of aldehydes is 1. The van der Waals surface area contributed by atoms with Gasteiger partial charge >= 0.3 is 6.03 Å². The smallest absolute Gasteiger partial charge is 0.321 e. The van der Waals surface area contributed by atoms with Crippen molar-refractivity contribution in [1.29, 1.82) is 0 Å². The van der Waals surface area contributed by atoms with Crippen LogP contribution < -0.4 is 15.5 Å². The highest BCUT2D eigenvalue weighted by molar-refractivity contribution is 7.22. The standard InChI is InChI=1S/C22H26N6O2S/c1-3-14-5-7-28(8-6-14)20-24-11-17(12-25-20)15-9-16(13-29)19-18(10-15)26-22(31-19)27-21(30)23-4-2/h9-14H,3-8H2,1-2H3,(H2,23,26,27,30). The first-order valence-electron chi connectivity index (χ1n) is 10.6. The van der Waals surface area contributed by atoms with Gasteiger partial charge in [-0.05, 0) is 43.4 Å². The van der Waals surface area contributed by atoms with Crippen molar-refractivity contribution in [1.82, 2.24) is 20.3 Å². The lowest BCUT2D eigenvalue weighted by molar-refractivity contribution is 0.112. The summed E-state index contributed by atoms with van der Waals surface area (Å²) < 4.78 is 0.738. The van der Waals surface area contributed by atoms with Crippen LogP contribution in [0, 0.1) is 5.92 Å². The Morgan fingerprint density at radius 3 is 2.58 bits per heavy atom. The molecule has 1 fully saturated rings. The van der Waals surface area contributed by atoms with Crippen molar-refractivity contribution in [2.45, 2.75) is 33.1 Å². The lowest BCUT2D eigenvalue weighted by atomic mass is 9.95. The minimum absolute atomic E-state index is 0.318. The van der Waals surface area contributed by atoms with Gasteiger partial charge in [0.05, 0.1) is 10.2 Å². The van der Waals surface area contributed by atoms with Crippen LogP contribution in [0.5, 0.6) is 0 Å². The molecule has 2 aromatic heterocycles. The van der Waals surface area contributed by atoms with E-state index in [-0.39, 0.29) is 6.03 Å². The number of thiazole rings is 1. The molecule has 1 aromatic carbocycles. The van der Waals surface area contributed by atoms with Crippen LogP contribution in [0.3, 0.4) is 0 Å². The molecule has 0 aliphatic carbocycles. The number of anilines is 2. The number of carbonyl (C=O) groups excluding carboxylic acids is 2. The molecule has 0 atom stereocenters. The number of rotatable bonds is 6. The fourth-order valence-corrected chi connectivity index (χ4v) is 4.76. The third-order valence-corrected chi connectivity index (χ3v) is 6.69. The zero-order valence-electron chi connectivity index (χ0n) is 17.7. The van der Waals surface area contributed by atoms with Crippen LogP contribution in [0.4, 0.5) is 15.9 Å². The van der Waals surface area contributed by atoms with Gasteiger partial charge < -0.3 is 10.2 Å². The number of nitrogens with zero attached hydrogens (tertiary/aromatic N) is 4. The number of benzene rings is 1. The van der Waals surface area contributed by atoms with Gasteiger partial charge in [-0.2, -0.15) is 0 Å². The van der Waals surface area contributed by atoms with E-state index in [1.165, 1.54) is 30.6 Å². The van der Waals surface area contributed by atoms with Crippen molar-refractivity contribution in [3.63, 3.8) is 0 Å². The Morgan fingerprint density at radius 1 is 1.19 bits per heavy atom. The Hall–Kier alpha value is -3.07. The minimum Gasteiger partial charge on any atom is -0.341 e. The van der Waals surface area contributed by atoms with E-state index in [0.717, 1.165) is 47.1 Å². The summed E-state index contributed by atoms with van der Waals surface area (Å²) in [7, 11) is 0. The van der Waals surface area contributed by atoms with Crippen LogP contribution in [0.15, 0.2) is 24.5 Å². The average molecular weight is 439 g/mol. The van der Waals surface area contributed by atoms with Crippen LogP contribution in [-0.2, 0) is 0 Å². The molecule has 4 rings (SSSR count). The Labute approximate surface area is 185 Å². The highest BCUT2D eigenvalue weighted by Gasteiger charge is 2.20. The van der Waals surface area contributed by atoms with E-state index in [0.29, 0.717) is 22.8 Å². The monoisotopic (exact) mass is 438 g/mol. The number of hydrogen-bond acceptors (Lipinski definition) is 7. The SMILES string of the molecule is CCNC(=O)Nc1nc2cc(-c3cnc(N4CCC(CC)CC4)nc3)cc(C=O)c2s1. The molecular weight excluding hydrogens is 412 g/mol. The topological polar surface area (TPSA) is 100 Å². The van der Waals surface area contributed by atoms with Gasteiger partial charge in [0.25, 0.3) is 0 Å². The zero-order valence-corrected chi connectivity index (χ0v) is 18.5. The molecule has 1 saturated heterocycles. The Balaban J connectivity index is 1.57. The summed E-state index contributed by atoms with van der Waals surface area (Å²) in [5.74, 6) is 1.55. The van der Waals surface area contributed by atoms with Gasteiger partial charge in [-0.3, -0.25) is 10.1 Å². The Kier molecular flexibility index (Phi) is 6.41. The molecular formula is C22H26N6O2S. The predicted octanol–water partition coefficient (Wildman–Crippen LogP) is 4.33. The van der Waals surface area contributed by atoms with E-state index in [2.05, 4.69) is 37.4 Å². The molecule has 8 nitrogen and oxygen atoms in total. The molecule has 0 radical (unpaired) electrons. The Bertz CT molecular complexity index is 1070. The van der Waals surface area contributed by atoms with E-state index in [9.17, 15) is 9.59 Å². The second kappa shape index (κ2) is 9.38. The van der Waals surface area contributed by atoms with Crippen molar-refractivity contribution in [2.24, 2.45) is 5.92 Å². The molecule has 2 amide bonds. The molecule has 162 valence electrons. The molecule has 3 aromatic rings. The number of amides is 2. The third-order valence-electron chi connectivity index (χ3n) is 5.65. The molecule has 2 N–H and O–H groups in total. The van der Waals surface area contributed by atoms with E-state index in [1.807, 2.05) is 19.1 Å². The lowest BCUT2D eigenvalue weighted by Gasteiger charge is -2.31. The molecule has 0 bridgehead atoms. The Morgan fingerprint density at radius 2 is 1.94 bits per heavy atom. The second-order valence-corrected chi connectivity index (χ2v) is 8.64. The van der Waals surface area contributed by atoms with E-state index >= 15 is 0 Å². The zero-order chi connectivity index (χ0) is 21.8. The number of piperidine rings is 1. The number of carbonyl (C=O) groups is 2. The average Bonchev–Trinajstić information content (AvgIpc) is 3.21. The van der Waals surface area contributed by atoms with Crippen molar-refractivity contribution < 1.29 is 9.59 Å². The number of aromatic nitrogens is 3. The number of fused-ring (bicyclic) bond motifs is 1. The summed E-state index contributed by atoms with van der Waals surface area (Å²) in [6.45, 7) is 6.58. The summed E-state index contributed by atoms with van der Waals surface area (Å²) >= 11 is 1.28. The molecule has 0 saturated carbocycles. The van der Waals surface area contributed by atoms with Gasteiger partial charge in [0.1, 0.15) is 0 Å². The molecule has 0 spiro atoms. The quantitative estimate of drug-likeness (QED) is 0.556. The highest BCUT2D eigenvalue weighted by Crippen LogP contribution is 2.33. The fourth-order valence-electron chi connectivity index (χ4n) is 3.84. The summed E-state index contributed by atoms with van der Waals surface area (Å²) in [5, 5.41) is 5.82. The highest BCUT2D eigenvalue weighted by atomic mass is 32.1. The summed E-state index contributed by atoms with van der Waals surface area (Å²) in [4.78, 5) is 39.3. The predicted molar refractivity (Wildman–Crippen MR) is 124 cm³/mol. The maximum Gasteiger partial charge on any atom is 0.321 e. The van der Waals surface area contributed by atoms with Gasteiger partial charge in [0.15, 0.2) is 11.4 Å². The van der Waals surface area contributed by atoms with Gasteiger partial charge in [-0.15, -0.1) is 0 Å². The number of nitrogens with one attached hydrogen (secondary N) is 2. The maximum atomic E-state index is 11.8. The molecule has 1 aliphatic rings. The van der Waals surface area contributed by atoms with E-state index in [1.54, 1.807) is 12.4 Å². The largest absolute Gasteiger partial charge is 0.341 e.